The topological polar surface area (TPSA) is 49.3 Å². The maximum Gasteiger partial charge on any atom is 0.230 e. The highest BCUT2D eigenvalue weighted by Gasteiger charge is 2.36. The van der Waals surface area contributed by atoms with Crippen LogP contribution in [-0.4, -0.2) is 27.9 Å². The third-order valence-corrected chi connectivity index (χ3v) is 5.08. The van der Waals surface area contributed by atoms with Gasteiger partial charge in [-0.25, -0.2) is 0 Å². The zero-order valence-corrected chi connectivity index (χ0v) is 13.0. The summed E-state index contributed by atoms with van der Waals surface area (Å²) in [5.74, 6) is 1.23. The van der Waals surface area contributed by atoms with E-state index in [2.05, 4.69) is 11.4 Å². The van der Waals surface area contributed by atoms with Crippen molar-refractivity contribution in [1.29, 1.82) is 0 Å². The Morgan fingerprint density at radius 3 is 2.61 bits per heavy atom. The van der Waals surface area contributed by atoms with Crippen molar-refractivity contribution >= 4 is 29.0 Å². The molecule has 2 N–H and O–H groups in total. The van der Waals surface area contributed by atoms with Crippen molar-refractivity contribution in [1.82, 2.24) is 5.32 Å². The molecule has 1 aromatic heterocycles. The summed E-state index contributed by atoms with van der Waals surface area (Å²) in [5.41, 5.74) is -1.57. The highest BCUT2D eigenvalue weighted by atomic mass is 32.2. The summed E-state index contributed by atoms with van der Waals surface area (Å²) in [7, 11) is 0. The van der Waals surface area contributed by atoms with Crippen molar-refractivity contribution in [2.45, 2.75) is 44.6 Å². The number of thioether (sulfide) groups is 1. The maximum absolute atomic E-state index is 11.8. The van der Waals surface area contributed by atoms with Crippen LogP contribution in [0.15, 0.2) is 17.5 Å². The van der Waals surface area contributed by atoms with E-state index in [1.165, 1.54) is 4.88 Å². The van der Waals surface area contributed by atoms with Gasteiger partial charge in [0.2, 0.25) is 5.91 Å². The number of amides is 1. The van der Waals surface area contributed by atoms with Crippen LogP contribution in [-0.2, 0) is 10.5 Å². The standard InChI is InChI=1S/C13H21NO2S2/c1-12(2,13(3,4)16)14-11(15)9-17-8-10-6-5-7-18-10/h5-7,16H,8-9H2,1-4H3,(H,14,15). The molecule has 0 fully saturated rings. The molecule has 1 rings (SSSR count). The number of thiophene rings is 1. The molecule has 0 atom stereocenters. The second-order valence-electron chi connectivity index (χ2n) is 5.30. The molecular formula is C13H21NO2S2. The van der Waals surface area contributed by atoms with Gasteiger partial charge in [-0.3, -0.25) is 4.79 Å². The van der Waals surface area contributed by atoms with Gasteiger partial charge in [0.15, 0.2) is 0 Å². The fourth-order valence-corrected chi connectivity index (χ4v) is 2.84. The maximum atomic E-state index is 11.8. The van der Waals surface area contributed by atoms with Crippen LogP contribution in [0.1, 0.15) is 32.6 Å². The number of hydrogen-bond donors (Lipinski definition) is 2. The van der Waals surface area contributed by atoms with Crippen LogP contribution in [0.2, 0.25) is 0 Å². The predicted octanol–water partition coefficient (Wildman–Crippen LogP) is 2.65. The van der Waals surface area contributed by atoms with Gasteiger partial charge in [-0.1, -0.05) is 6.07 Å². The fraction of sp³-hybridized carbons (Fsp3) is 0.615. The van der Waals surface area contributed by atoms with Crippen LogP contribution in [0.25, 0.3) is 0 Å². The van der Waals surface area contributed by atoms with Crippen LogP contribution >= 0.6 is 23.1 Å². The molecule has 1 heterocycles. The lowest BCUT2D eigenvalue weighted by molar-refractivity contribution is -0.123. The average molecular weight is 287 g/mol. The minimum atomic E-state index is -0.943. The molecular weight excluding hydrogens is 266 g/mol. The van der Waals surface area contributed by atoms with E-state index < -0.39 is 11.1 Å². The van der Waals surface area contributed by atoms with E-state index in [1.54, 1.807) is 36.9 Å². The van der Waals surface area contributed by atoms with E-state index >= 15 is 0 Å². The van der Waals surface area contributed by atoms with Crippen LogP contribution in [0.5, 0.6) is 0 Å². The number of aliphatic hydroxyl groups is 1. The third kappa shape index (κ3) is 4.63. The largest absolute Gasteiger partial charge is 0.388 e. The highest BCUT2D eigenvalue weighted by molar-refractivity contribution is 7.99. The summed E-state index contributed by atoms with van der Waals surface area (Å²) in [6.45, 7) is 7.06. The zero-order valence-electron chi connectivity index (χ0n) is 11.3. The lowest BCUT2D eigenvalue weighted by Crippen LogP contribution is -2.58. The molecule has 1 amide bonds. The molecule has 102 valence electrons. The summed E-state index contributed by atoms with van der Waals surface area (Å²) in [6.07, 6.45) is 0. The minimum Gasteiger partial charge on any atom is -0.388 e. The van der Waals surface area contributed by atoms with Crippen molar-refractivity contribution in [3.05, 3.63) is 22.4 Å². The Morgan fingerprint density at radius 2 is 2.11 bits per heavy atom. The Kier molecular flexibility index (Phi) is 5.25. The molecule has 0 aliphatic carbocycles. The minimum absolute atomic E-state index is 0.0383. The Bertz CT molecular complexity index is 380. The Labute approximate surface area is 117 Å². The van der Waals surface area contributed by atoms with E-state index in [9.17, 15) is 9.90 Å². The molecule has 0 unspecified atom stereocenters. The summed E-state index contributed by atoms with van der Waals surface area (Å²) in [5, 5.41) is 14.9. The Hall–Kier alpha value is -0.520. The third-order valence-electron chi connectivity index (χ3n) is 3.04. The monoisotopic (exact) mass is 287 g/mol. The number of nitrogens with one attached hydrogen (secondary N) is 1. The van der Waals surface area contributed by atoms with Crippen molar-refractivity contribution in [2.75, 3.05) is 5.75 Å². The van der Waals surface area contributed by atoms with E-state index in [-0.39, 0.29) is 5.91 Å². The normalized spacial score (nSPS) is 12.5. The van der Waals surface area contributed by atoms with Crippen LogP contribution in [0.4, 0.5) is 0 Å². The van der Waals surface area contributed by atoms with E-state index in [0.717, 1.165) is 5.75 Å². The first-order valence-electron chi connectivity index (χ1n) is 5.86. The van der Waals surface area contributed by atoms with E-state index in [4.69, 9.17) is 0 Å². The first-order chi connectivity index (χ1) is 8.22. The smallest absolute Gasteiger partial charge is 0.230 e. The summed E-state index contributed by atoms with van der Waals surface area (Å²) in [6, 6.07) is 4.08. The Morgan fingerprint density at radius 1 is 1.44 bits per heavy atom. The number of carbonyl (C=O) groups excluding carboxylic acids is 1. The van der Waals surface area contributed by atoms with E-state index in [0.29, 0.717) is 5.75 Å². The molecule has 0 aromatic carbocycles. The summed E-state index contributed by atoms with van der Waals surface area (Å²) in [4.78, 5) is 13.1. The van der Waals surface area contributed by atoms with Crippen molar-refractivity contribution in [2.24, 2.45) is 0 Å². The molecule has 0 bridgehead atoms. The molecule has 0 aliphatic heterocycles. The molecule has 1 aromatic rings. The van der Waals surface area contributed by atoms with E-state index in [1.807, 2.05) is 25.3 Å². The first-order valence-corrected chi connectivity index (χ1v) is 7.89. The van der Waals surface area contributed by atoms with Crippen LogP contribution in [0, 0.1) is 0 Å². The first kappa shape index (κ1) is 15.5. The second kappa shape index (κ2) is 6.08. The van der Waals surface area contributed by atoms with Gasteiger partial charge >= 0.3 is 0 Å². The Balaban J connectivity index is 2.34. The van der Waals surface area contributed by atoms with Gasteiger partial charge in [0, 0.05) is 10.6 Å². The number of hydrogen-bond acceptors (Lipinski definition) is 4. The number of carbonyl (C=O) groups is 1. The van der Waals surface area contributed by atoms with Gasteiger partial charge in [0.25, 0.3) is 0 Å². The fourth-order valence-electron chi connectivity index (χ4n) is 1.18. The van der Waals surface area contributed by atoms with Gasteiger partial charge < -0.3 is 10.4 Å². The summed E-state index contributed by atoms with van der Waals surface area (Å²) < 4.78 is 0. The van der Waals surface area contributed by atoms with Crippen molar-refractivity contribution in [3.63, 3.8) is 0 Å². The molecule has 0 saturated heterocycles. The molecule has 5 heteroatoms. The molecule has 0 spiro atoms. The average Bonchev–Trinajstić information content (AvgIpc) is 2.67. The number of rotatable bonds is 6. The van der Waals surface area contributed by atoms with Gasteiger partial charge in [0.05, 0.1) is 16.9 Å². The predicted molar refractivity (Wildman–Crippen MR) is 79.0 cm³/mol. The second-order valence-corrected chi connectivity index (χ2v) is 7.32. The molecule has 0 aliphatic rings. The lowest BCUT2D eigenvalue weighted by atomic mass is 9.86. The van der Waals surface area contributed by atoms with Crippen molar-refractivity contribution < 1.29 is 9.90 Å². The zero-order chi connectivity index (χ0) is 13.8. The molecule has 3 nitrogen and oxygen atoms in total. The van der Waals surface area contributed by atoms with Gasteiger partial charge in [-0.2, -0.15) is 0 Å². The highest BCUT2D eigenvalue weighted by Crippen LogP contribution is 2.21. The quantitative estimate of drug-likeness (QED) is 0.845. The van der Waals surface area contributed by atoms with Crippen LogP contribution in [0.3, 0.4) is 0 Å². The van der Waals surface area contributed by atoms with Crippen molar-refractivity contribution in [3.8, 4) is 0 Å². The molecule has 0 saturated carbocycles. The van der Waals surface area contributed by atoms with Crippen LogP contribution < -0.4 is 5.32 Å². The summed E-state index contributed by atoms with van der Waals surface area (Å²) >= 11 is 3.29. The van der Waals surface area contributed by atoms with Gasteiger partial charge in [-0.05, 0) is 39.1 Å². The molecule has 18 heavy (non-hydrogen) atoms. The van der Waals surface area contributed by atoms with Gasteiger partial charge in [-0.15, -0.1) is 23.1 Å². The van der Waals surface area contributed by atoms with Gasteiger partial charge in [0.1, 0.15) is 0 Å². The molecule has 0 radical (unpaired) electrons. The SMILES string of the molecule is CC(C)(O)C(C)(C)NC(=O)CSCc1cccs1. The lowest BCUT2D eigenvalue weighted by Gasteiger charge is -2.37.